The van der Waals surface area contributed by atoms with Crippen LogP contribution in [0.15, 0.2) is 12.1 Å². The van der Waals surface area contributed by atoms with Crippen LogP contribution in [0.4, 0.5) is 13.2 Å². The van der Waals surface area contributed by atoms with Crippen LogP contribution in [0.2, 0.25) is 0 Å². The highest BCUT2D eigenvalue weighted by Crippen LogP contribution is 2.32. The Kier molecular flexibility index (Phi) is 5.63. The summed E-state index contributed by atoms with van der Waals surface area (Å²) in [6, 6.07) is 1.02. The summed E-state index contributed by atoms with van der Waals surface area (Å²) in [5.41, 5.74) is 0.0899. The van der Waals surface area contributed by atoms with Gasteiger partial charge in [-0.2, -0.15) is 0 Å². The van der Waals surface area contributed by atoms with Crippen molar-refractivity contribution in [2.45, 2.75) is 46.6 Å². The Labute approximate surface area is 119 Å². The van der Waals surface area contributed by atoms with E-state index >= 15 is 0 Å². The molecule has 0 heterocycles. The fourth-order valence-corrected chi connectivity index (χ4v) is 2.80. The molecule has 1 nitrogen and oxygen atoms in total. The maximum Gasteiger partial charge on any atom is 0.133 e. The predicted molar refractivity (Wildman–Crippen MR) is 76.0 cm³/mol. The molecular weight excluding hydrogens is 263 g/mol. The molecule has 0 bridgehead atoms. The zero-order valence-electron chi connectivity index (χ0n) is 12.9. The number of hydrogen-bond acceptors (Lipinski definition) is 1. The molecular formula is C16H24F3N. The molecule has 1 N–H and O–H groups in total. The predicted octanol–water partition coefficient (Wildman–Crippen LogP) is 4.83. The third kappa shape index (κ3) is 4.82. The van der Waals surface area contributed by atoms with E-state index in [1.165, 1.54) is 0 Å². The first-order valence-electron chi connectivity index (χ1n) is 6.95. The van der Waals surface area contributed by atoms with Crippen molar-refractivity contribution in [1.29, 1.82) is 0 Å². The van der Waals surface area contributed by atoms with Crippen molar-refractivity contribution in [3.63, 3.8) is 0 Å². The van der Waals surface area contributed by atoms with Crippen LogP contribution in [0.1, 0.15) is 52.1 Å². The third-order valence-electron chi connectivity index (χ3n) is 3.34. The Balaban J connectivity index is 2.92. The van der Waals surface area contributed by atoms with Gasteiger partial charge in [0.25, 0.3) is 0 Å². The molecule has 0 radical (unpaired) electrons. The van der Waals surface area contributed by atoms with E-state index in [4.69, 9.17) is 0 Å². The minimum Gasteiger partial charge on any atom is -0.313 e. The molecule has 0 aliphatic carbocycles. The van der Waals surface area contributed by atoms with E-state index in [1.54, 1.807) is 7.05 Å². The quantitative estimate of drug-likeness (QED) is 0.818. The van der Waals surface area contributed by atoms with Crippen LogP contribution in [0.3, 0.4) is 0 Å². The maximum atomic E-state index is 13.8. The molecule has 2 unspecified atom stereocenters. The standard InChI is InChI=1S/C16H24F3N/c1-10(9-16(2,3)4)6-14(20-5)15-12(18)7-11(17)8-13(15)19/h7-8,10,14,20H,6,9H2,1-5H3. The van der Waals surface area contributed by atoms with E-state index in [1.807, 2.05) is 0 Å². The molecule has 0 aromatic heterocycles. The smallest absolute Gasteiger partial charge is 0.133 e. The van der Waals surface area contributed by atoms with Crippen molar-refractivity contribution in [2.75, 3.05) is 7.05 Å². The van der Waals surface area contributed by atoms with E-state index in [-0.39, 0.29) is 11.0 Å². The molecule has 1 aromatic carbocycles. The van der Waals surface area contributed by atoms with Crippen molar-refractivity contribution in [3.05, 3.63) is 35.1 Å². The fourth-order valence-electron chi connectivity index (χ4n) is 2.80. The summed E-state index contributed by atoms with van der Waals surface area (Å²) < 4.78 is 40.6. The number of rotatable bonds is 5. The molecule has 114 valence electrons. The number of benzene rings is 1. The highest BCUT2D eigenvalue weighted by molar-refractivity contribution is 5.24. The zero-order valence-corrected chi connectivity index (χ0v) is 12.9. The lowest BCUT2D eigenvalue weighted by atomic mass is 9.82. The molecule has 2 atom stereocenters. The topological polar surface area (TPSA) is 12.0 Å². The van der Waals surface area contributed by atoms with Gasteiger partial charge in [-0.3, -0.25) is 0 Å². The van der Waals surface area contributed by atoms with Crippen LogP contribution in [-0.2, 0) is 0 Å². The summed E-state index contributed by atoms with van der Waals surface area (Å²) in [6.45, 7) is 8.47. The second kappa shape index (κ2) is 6.61. The molecule has 20 heavy (non-hydrogen) atoms. The van der Waals surface area contributed by atoms with Gasteiger partial charge in [-0.05, 0) is 31.2 Å². The summed E-state index contributed by atoms with van der Waals surface area (Å²) >= 11 is 0. The lowest BCUT2D eigenvalue weighted by molar-refractivity contribution is 0.275. The normalized spacial score (nSPS) is 15.2. The maximum absolute atomic E-state index is 13.8. The highest BCUT2D eigenvalue weighted by Gasteiger charge is 2.24. The first kappa shape index (κ1) is 17.0. The number of nitrogens with one attached hydrogen (secondary N) is 1. The lowest BCUT2D eigenvalue weighted by Gasteiger charge is -2.27. The van der Waals surface area contributed by atoms with Crippen LogP contribution in [0, 0.1) is 28.8 Å². The number of hydrogen-bond donors (Lipinski definition) is 1. The van der Waals surface area contributed by atoms with Crippen LogP contribution < -0.4 is 5.32 Å². The van der Waals surface area contributed by atoms with Gasteiger partial charge in [-0.25, -0.2) is 13.2 Å². The fraction of sp³-hybridized carbons (Fsp3) is 0.625. The lowest BCUT2D eigenvalue weighted by Crippen LogP contribution is -2.23. The molecule has 4 heteroatoms. The van der Waals surface area contributed by atoms with Crippen molar-refractivity contribution in [2.24, 2.45) is 11.3 Å². The number of halogens is 3. The monoisotopic (exact) mass is 287 g/mol. The summed E-state index contributed by atoms with van der Waals surface area (Å²) in [6.07, 6.45) is 1.56. The average Bonchev–Trinajstić information content (AvgIpc) is 2.23. The van der Waals surface area contributed by atoms with Crippen LogP contribution >= 0.6 is 0 Å². The van der Waals surface area contributed by atoms with Crippen LogP contribution in [0.5, 0.6) is 0 Å². The largest absolute Gasteiger partial charge is 0.313 e. The van der Waals surface area contributed by atoms with Gasteiger partial charge in [0.05, 0.1) is 0 Å². The minimum atomic E-state index is -0.888. The Bertz CT molecular complexity index is 429. The first-order valence-corrected chi connectivity index (χ1v) is 6.95. The van der Waals surface area contributed by atoms with Gasteiger partial charge < -0.3 is 5.32 Å². The van der Waals surface area contributed by atoms with Crippen LogP contribution in [0.25, 0.3) is 0 Å². The van der Waals surface area contributed by atoms with E-state index in [0.717, 1.165) is 18.6 Å². The van der Waals surface area contributed by atoms with E-state index in [9.17, 15) is 13.2 Å². The van der Waals surface area contributed by atoms with Crippen molar-refractivity contribution in [3.8, 4) is 0 Å². The van der Waals surface area contributed by atoms with Gasteiger partial charge in [-0.1, -0.05) is 27.7 Å². The first-order chi connectivity index (χ1) is 9.14. The van der Waals surface area contributed by atoms with Crippen molar-refractivity contribution in [1.82, 2.24) is 5.32 Å². The average molecular weight is 287 g/mol. The molecule has 1 aromatic rings. The van der Waals surface area contributed by atoms with Crippen molar-refractivity contribution < 1.29 is 13.2 Å². The zero-order chi connectivity index (χ0) is 15.5. The van der Waals surface area contributed by atoms with Crippen molar-refractivity contribution >= 4 is 0 Å². The van der Waals surface area contributed by atoms with Crippen LogP contribution in [-0.4, -0.2) is 7.05 Å². The summed E-state index contributed by atoms with van der Waals surface area (Å²) in [4.78, 5) is 0. The van der Waals surface area contributed by atoms with Gasteiger partial charge in [-0.15, -0.1) is 0 Å². The molecule has 0 spiro atoms. The van der Waals surface area contributed by atoms with Gasteiger partial charge in [0, 0.05) is 23.7 Å². The highest BCUT2D eigenvalue weighted by atomic mass is 19.1. The van der Waals surface area contributed by atoms with Gasteiger partial charge >= 0.3 is 0 Å². The van der Waals surface area contributed by atoms with E-state index in [2.05, 4.69) is 33.0 Å². The summed E-state index contributed by atoms with van der Waals surface area (Å²) in [5.74, 6) is -2.24. The van der Waals surface area contributed by atoms with Gasteiger partial charge in [0.2, 0.25) is 0 Å². The Morgan fingerprint density at radius 3 is 2.00 bits per heavy atom. The molecule has 0 saturated heterocycles. The Morgan fingerprint density at radius 1 is 1.10 bits per heavy atom. The second-order valence-corrected chi connectivity index (χ2v) is 6.73. The third-order valence-corrected chi connectivity index (χ3v) is 3.34. The van der Waals surface area contributed by atoms with Gasteiger partial charge in [0.15, 0.2) is 0 Å². The van der Waals surface area contributed by atoms with E-state index < -0.39 is 23.5 Å². The summed E-state index contributed by atoms with van der Waals surface area (Å²) in [5, 5.41) is 2.93. The summed E-state index contributed by atoms with van der Waals surface area (Å²) in [7, 11) is 1.66. The molecule has 0 aliphatic heterocycles. The van der Waals surface area contributed by atoms with Gasteiger partial charge in [0.1, 0.15) is 17.5 Å². The second-order valence-electron chi connectivity index (χ2n) is 6.73. The molecule has 0 saturated carbocycles. The molecule has 1 rings (SSSR count). The Hall–Kier alpha value is -1.03. The minimum absolute atomic E-state index is 0.0744. The molecule has 0 amide bonds. The van der Waals surface area contributed by atoms with E-state index in [0.29, 0.717) is 12.3 Å². The SMILES string of the molecule is CNC(CC(C)CC(C)(C)C)c1c(F)cc(F)cc1F. The molecule has 0 aliphatic rings. The Morgan fingerprint density at radius 2 is 1.60 bits per heavy atom. The molecule has 0 fully saturated rings.